The smallest absolute Gasteiger partial charge is 0.292 e. The average Bonchev–Trinajstić information content (AvgIpc) is 2.56. The lowest BCUT2D eigenvalue weighted by Gasteiger charge is -2.14. The maximum Gasteiger partial charge on any atom is 0.300 e. The van der Waals surface area contributed by atoms with E-state index in [-0.39, 0.29) is 17.1 Å². The summed E-state index contributed by atoms with van der Waals surface area (Å²) in [7, 11) is 0. The van der Waals surface area contributed by atoms with Crippen LogP contribution in [0, 0.1) is 11.8 Å². The summed E-state index contributed by atoms with van der Waals surface area (Å²) < 4.78 is 0. The molecule has 86 valence electrons. The van der Waals surface area contributed by atoms with Crippen LogP contribution in [0.4, 0.5) is 5.69 Å². The second kappa shape index (κ2) is 4.40. The van der Waals surface area contributed by atoms with Crippen LogP contribution < -0.4 is 4.90 Å². The third-order valence-electron chi connectivity index (χ3n) is 2.43. The minimum Gasteiger partial charge on any atom is -0.292 e. The fourth-order valence-electron chi connectivity index (χ4n) is 1.66. The molecule has 0 saturated carbocycles. The molecular formula is C12H7Cl2NO2. The van der Waals surface area contributed by atoms with Crippen molar-refractivity contribution in [3.63, 3.8) is 0 Å². The number of hydrogen-bond donors (Lipinski definition) is 0. The maximum atomic E-state index is 11.8. The first-order chi connectivity index (χ1) is 8.07. The van der Waals surface area contributed by atoms with E-state index < -0.39 is 11.7 Å². The Labute approximate surface area is 108 Å². The maximum absolute atomic E-state index is 11.8. The van der Waals surface area contributed by atoms with Crippen molar-refractivity contribution in [3.05, 3.63) is 27.7 Å². The predicted molar refractivity (Wildman–Crippen MR) is 66.6 cm³/mol. The zero-order valence-corrected chi connectivity index (χ0v) is 10.4. The highest BCUT2D eigenvalue weighted by Crippen LogP contribution is 2.39. The lowest BCUT2D eigenvalue weighted by molar-refractivity contribution is -0.114. The van der Waals surface area contributed by atoms with Gasteiger partial charge in [-0.1, -0.05) is 29.1 Å². The minimum atomic E-state index is -0.641. The van der Waals surface area contributed by atoms with Gasteiger partial charge in [-0.3, -0.25) is 14.5 Å². The van der Waals surface area contributed by atoms with Gasteiger partial charge in [-0.15, -0.1) is 5.92 Å². The van der Waals surface area contributed by atoms with Gasteiger partial charge in [-0.2, -0.15) is 0 Å². The minimum absolute atomic E-state index is 0.133. The van der Waals surface area contributed by atoms with E-state index in [0.717, 1.165) is 0 Å². The van der Waals surface area contributed by atoms with Crippen LogP contribution in [0.3, 0.4) is 0 Å². The largest absolute Gasteiger partial charge is 0.300 e. The SMILES string of the molecule is CC#CCN1C(=O)C(=O)c2c(Cl)ccc(Cl)c21. The molecule has 0 radical (unpaired) electrons. The van der Waals surface area contributed by atoms with Crippen LogP contribution in [-0.2, 0) is 4.79 Å². The lowest BCUT2D eigenvalue weighted by Crippen LogP contribution is -2.30. The van der Waals surface area contributed by atoms with Gasteiger partial charge in [-0.25, -0.2) is 0 Å². The van der Waals surface area contributed by atoms with Crippen molar-refractivity contribution in [2.24, 2.45) is 0 Å². The molecule has 0 aromatic heterocycles. The summed E-state index contributed by atoms with van der Waals surface area (Å²) in [4.78, 5) is 24.8. The van der Waals surface area contributed by atoms with E-state index in [0.29, 0.717) is 10.7 Å². The Kier molecular flexibility index (Phi) is 3.10. The molecule has 1 aliphatic rings. The van der Waals surface area contributed by atoms with Crippen LogP contribution in [0.25, 0.3) is 0 Å². The number of nitrogens with zero attached hydrogens (tertiary/aromatic N) is 1. The summed E-state index contributed by atoms with van der Waals surface area (Å²) in [6.07, 6.45) is 0. The van der Waals surface area contributed by atoms with Crippen molar-refractivity contribution in [3.8, 4) is 11.8 Å². The number of ketones is 1. The molecule has 0 aliphatic carbocycles. The van der Waals surface area contributed by atoms with Gasteiger partial charge in [-0.05, 0) is 19.1 Å². The highest BCUT2D eigenvalue weighted by molar-refractivity contribution is 6.57. The monoisotopic (exact) mass is 267 g/mol. The van der Waals surface area contributed by atoms with Crippen LogP contribution in [0.15, 0.2) is 12.1 Å². The summed E-state index contributed by atoms with van der Waals surface area (Å²) in [5.41, 5.74) is 0.527. The van der Waals surface area contributed by atoms with E-state index >= 15 is 0 Å². The van der Waals surface area contributed by atoms with Gasteiger partial charge in [0.15, 0.2) is 0 Å². The number of amides is 1. The number of Topliss-reactive ketones (excluding diaryl/α,β-unsaturated/α-hetero) is 1. The molecule has 5 heteroatoms. The molecule has 2 rings (SSSR count). The molecule has 1 aromatic carbocycles. The zero-order chi connectivity index (χ0) is 12.6. The molecule has 0 spiro atoms. The zero-order valence-electron chi connectivity index (χ0n) is 8.88. The van der Waals surface area contributed by atoms with Crippen LogP contribution >= 0.6 is 23.2 Å². The van der Waals surface area contributed by atoms with Gasteiger partial charge in [0.2, 0.25) is 0 Å². The van der Waals surface area contributed by atoms with Crippen molar-refractivity contribution < 1.29 is 9.59 Å². The number of halogens is 2. The molecular weight excluding hydrogens is 261 g/mol. The summed E-state index contributed by atoms with van der Waals surface area (Å²) in [5.74, 6) is 4.12. The number of fused-ring (bicyclic) bond motifs is 1. The highest BCUT2D eigenvalue weighted by Gasteiger charge is 2.38. The van der Waals surface area contributed by atoms with Gasteiger partial charge in [0.1, 0.15) is 0 Å². The van der Waals surface area contributed by atoms with Gasteiger partial charge in [0.25, 0.3) is 11.7 Å². The van der Waals surface area contributed by atoms with Gasteiger partial charge in [0, 0.05) is 0 Å². The molecule has 1 aromatic rings. The number of carbonyl (C=O) groups excluding carboxylic acids is 2. The summed E-state index contributed by atoms with van der Waals surface area (Å²) in [6, 6.07) is 3.06. The molecule has 1 amide bonds. The quantitative estimate of drug-likeness (QED) is 0.579. The molecule has 0 saturated heterocycles. The standard InChI is InChI=1S/C12H7Cl2NO2/c1-2-3-6-15-10-8(14)5-4-7(13)9(10)11(16)12(15)17/h4-5H,6H2,1H3. The molecule has 1 heterocycles. The topological polar surface area (TPSA) is 37.4 Å². The second-order valence-corrected chi connectivity index (χ2v) is 4.21. The normalized spacial score (nSPS) is 13.5. The van der Waals surface area contributed by atoms with Crippen LogP contribution in [0.2, 0.25) is 10.0 Å². The number of anilines is 1. The Bertz CT molecular complexity index is 584. The van der Waals surface area contributed by atoms with Crippen LogP contribution in [0.5, 0.6) is 0 Å². The lowest BCUT2D eigenvalue weighted by atomic mass is 10.1. The van der Waals surface area contributed by atoms with Crippen LogP contribution in [-0.4, -0.2) is 18.2 Å². The van der Waals surface area contributed by atoms with Crippen molar-refractivity contribution in [1.29, 1.82) is 0 Å². The Morgan fingerprint density at radius 1 is 1.24 bits per heavy atom. The van der Waals surface area contributed by atoms with E-state index in [1.807, 2.05) is 0 Å². The van der Waals surface area contributed by atoms with Gasteiger partial charge in [0.05, 0.1) is 27.8 Å². The fourth-order valence-corrected chi connectivity index (χ4v) is 2.16. The second-order valence-electron chi connectivity index (χ2n) is 3.40. The van der Waals surface area contributed by atoms with Crippen molar-refractivity contribution in [2.75, 3.05) is 11.4 Å². The highest BCUT2D eigenvalue weighted by atomic mass is 35.5. The molecule has 0 fully saturated rings. The van der Waals surface area contributed by atoms with E-state index in [1.54, 1.807) is 13.0 Å². The molecule has 0 N–H and O–H groups in total. The summed E-state index contributed by atoms with van der Waals surface area (Å²) in [6.45, 7) is 1.79. The Hall–Kier alpha value is -1.50. The van der Waals surface area contributed by atoms with E-state index in [2.05, 4.69) is 11.8 Å². The molecule has 0 atom stereocenters. The Morgan fingerprint density at radius 2 is 1.88 bits per heavy atom. The van der Waals surface area contributed by atoms with Crippen molar-refractivity contribution in [1.82, 2.24) is 0 Å². The fraction of sp³-hybridized carbons (Fsp3) is 0.167. The van der Waals surface area contributed by atoms with Crippen molar-refractivity contribution in [2.45, 2.75) is 6.92 Å². The van der Waals surface area contributed by atoms with E-state index in [9.17, 15) is 9.59 Å². The summed E-state index contributed by atoms with van der Waals surface area (Å²) in [5, 5.41) is 0.552. The van der Waals surface area contributed by atoms with E-state index in [4.69, 9.17) is 23.2 Å². The molecule has 1 aliphatic heterocycles. The first-order valence-corrected chi connectivity index (χ1v) is 5.57. The predicted octanol–water partition coefficient (Wildman–Crippen LogP) is 2.55. The number of hydrogen-bond acceptors (Lipinski definition) is 2. The number of benzene rings is 1. The molecule has 17 heavy (non-hydrogen) atoms. The summed E-state index contributed by atoms with van der Waals surface area (Å²) >= 11 is 11.9. The first kappa shape index (κ1) is 12.0. The van der Waals surface area contributed by atoms with Crippen LogP contribution in [0.1, 0.15) is 17.3 Å². The molecule has 3 nitrogen and oxygen atoms in total. The molecule has 0 bridgehead atoms. The third kappa shape index (κ3) is 1.80. The van der Waals surface area contributed by atoms with Gasteiger partial charge >= 0.3 is 0 Å². The average molecular weight is 268 g/mol. The number of carbonyl (C=O) groups is 2. The first-order valence-electron chi connectivity index (χ1n) is 4.81. The third-order valence-corrected chi connectivity index (χ3v) is 3.05. The molecule has 0 unspecified atom stereocenters. The Balaban J connectivity index is 2.62. The van der Waals surface area contributed by atoms with Gasteiger partial charge < -0.3 is 0 Å². The Morgan fingerprint density at radius 3 is 2.53 bits per heavy atom. The van der Waals surface area contributed by atoms with Crippen molar-refractivity contribution >= 4 is 40.6 Å². The van der Waals surface area contributed by atoms with E-state index in [1.165, 1.54) is 11.0 Å². The number of rotatable bonds is 1.